The van der Waals surface area contributed by atoms with Crippen LogP contribution in [-0.4, -0.2) is 4.98 Å². The largest absolute Gasteiger partial charge is 0.439 e. The molecular formula is C10H9BrN2O. The Balaban J connectivity index is 2.34. The number of hydrogen-bond donors (Lipinski definition) is 1. The highest BCUT2D eigenvalue weighted by Crippen LogP contribution is 2.22. The van der Waals surface area contributed by atoms with Crippen molar-refractivity contribution in [3.8, 4) is 11.3 Å². The van der Waals surface area contributed by atoms with Gasteiger partial charge in [-0.1, -0.05) is 28.1 Å². The van der Waals surface area contributed by atoms with Crippen LogP contribution in [0.25, 0.3) is 11.3 Å². The SMILES string of the molecule is NCc1ncc(-c2ccc(Br)cc2)o1. The molecule has 0 saturated carbocycles. The van der Waals surface area contributed by atoms with Crippen LogP contribution in [0.1, 0.15) is 5.89 Å². The monoisotopic (exact) mass is 252 g/mol. The highest BCUT2D eigenvalue weighted by molar-refractivity contribution is 9.10. The Morgan fingerprint density at radius 3 is 2.57 bits per heavy atom. The zero-order chi connectivity index (χ0) is 9.97. The minimum atomic E-state index is 0.330. The van der Waals surface area contributed by atoms with E-state index in [0.29, 0.717) is 12.4 Å². The Bertz CT molecular complexity index is 422. The van der Waals surface area contributed by atoms with Gasteiger partial charge in [-0.15, -0.1) is 0 Å². The summed E-state index contributed by atoms with van der Waals surface area (Å²) in [4.78, 5) is 4.03. The third-order valence-corrected chi connectivity index (χ3v) is 2.39. The summed E-state index contributed by atoms with van der Waals surface area (Å²) in [6.07, 6.45) is 1.69. The summed E-state index contributed by atoms with van der Waals surface area (Å²) >= 11 is 3.37. The van der Waals surface area contributed by atoms with Crippen LogP contribution in [0.4, 0.5) is 0 Å². The lowest BCUT2D eigenvalue weighted by molar-refractivity contribution is 0.509. The smallest absolute Gasteiger partial charge is 0.208 e. The lowest BCUT2D eigenvalue weighted by Crippen LogP contribution is -1.94. The molecule has 0 fully saturated rings. The van der Waals surface area contributed by atoms with Gasteiger partial charge in [0.05, 0.1) is 12.7 Å². The second-order valence-electron chi connectivity index (χ2n) is 2.83. The van der Waals surface area contributed by atoms with Crippen molar-refractivity contribution in [2.45, 2.75) is 6.54 Å². The minimum absolute atomic E-state index is 0.330. The molecule has 0 aliphatic heterocycles. The molecule has 0 aliphatic rings. The molecule has 3 nitrogen and oxygen atoms in total. The molecule has 1 heterocycles. The third kappa shape index (κ3) is 1.86. The van der Waals surface area contributed by atoms with E-state index >= 15 is 0 Å². The van der Waals surface area contributed by atoms with Crippen molar-refractivity contribution in [2.75, 3.05) is 0 Å². The molecule has 0 spiro atoms. The summed E-state index contributed by atoms with van der Waals surface area (Å²) in [7, 11) is 0. The summed E-state index contributed by atoms with van der Waals surface area (Å²) in [5, 5.41) is 0. The Kier molecular flexibility index (Phi) is 2.65. The molecule has 0 aliphatic carbocycles. The number of benzene rings is 1. The maximum atomic E-state index is 5.41. The van der Waals surface area contributed by atoms with Gasteiger partial charge in [0, 0.05) is 10.0 Å². The second kappa shape index (κ2) is 3.94. The quantitative estimate of drug-likeness (QED) is 0.894. The van der Waals surface area contributed by atoms with Crippen LogP contribution in [-0.2, 0) is 6.54 Å². The van der Waals surface area contributed by atoms with E-state index in [9.17, 15) is 0 Å². The maximum Gasteiger partial charge on any atom is 0.208 e. The summed E-state index contributed by atoms with van der Waals surface area (Å²) in [5.41, 5.74) is 6.40. The predicted octanol–water partition coefficient (Wildman–Crippen LogP) is 2.56. The Morgan fingerprint density at radius 2 is 2.00 bits per heavy atom. The predicted molar refractivity (Wildman–Crippen MR) is 57.5 cm³/mol. The van der Waals surface area contributed by atoms with Crippen LogP contribution in [0.15, 0.2) is 39.4 Å². The van der Waals surface area contributed by atoms with Crippen LogP contribution >= 0.6 is 15.9 Å². The van der Waals surface area contributed by atoms with Crippen LogP contribution in [0.5, 0.6) is 0 Å². The third-order valence-electron chi connectivity index (χ3n) is 1.86. The second-order valence-corrected chi connectivity index (χ2v) is 3.74. The number of aromatic nitrogens is 1. The first-order valence-electron chi connectivity index (χ1n) is 4.20. The van der Waals surface area contributed by atoms with Gasteiger partial charge in [0.1, 0.15) is 0 Å². The molecule has 2 N–H and O–H groups in total. The van der Waals surface area contributed by atoms with E-state index in [1.54, 1.807) is 6.20 Å². The van der Waals surface area contributed by atoms with Gasteiger partial charge in [0.25, 0.3) is 0 Å². The fourth-order valence-electron chi connectivity index (χ4n) is 1.15. The average molecular weight is 253 g/mol. The minimum Gasteiger partial charge on any atom is -0.439 e. The van der Waals surface area contributed by atoms with Gasteiger partial charge < -0.3 is 10.2 Å². The summed E-state index contributed by atoms with van der Waals surface area (Å²) < 4.78 is 6.45. The van der Waals surface area contributed by atoms with E-state index < -0.39 is 0 Å². The maximum absolute atomic E-state index is 5.41. The first-order chi connectivity index (χ1) is 6.79. The van der Waals surface area contributed by atoms with Crippen molar-refractivity contribution in [2.24, 2.45) is 5.73 Å². The number of nitrogens with two attached hydrogens (primary N) is 1. The number of nitrogens with zero attached hydrogens (tertiary/aromatic N) is 1. The van der Waals surface area contributed by atoms with Crippen LogP contribution < -0.4 is 5.73 Å². The molecule has 1 aromatic carbocycles. The standard InChI is InChI=1S/C10H9BrN2O/c11-8-3-1-7(2-4-8)9-6-13-10(5-12)14-9/h1-4,6H,5,12H2. The van der Waals surface area contributed by atoms with Crippen LogP contribution in [0.3, 0.4) is 0 Å². The molecule has 0 unspecified atom stereocenters. The van der Waals surface area contributed by atoms with Crippen molar-refractivity contribution in [1.82, 2.24) is 4.98 Å². The first-order valence-corrected chi connectivity index (χ1v) is 4.99. The van der Waals surface area contributed by atoms with E-state index in [0.717, 1.165) is 15.8 Å². The topological polar surface area (TPSA) is 52.0 Å². The molecule has 0 saturated heterocycles. The summed E-state index contributed by atoms with van der Waals surface area (Å²) in [6.45, 7) is 0.330. The molecule has 1 aromatic heterocycles. The lowest BCUT2D eigenvalue weighted by Gasteiger charge is -1.95. The molecule has 4 heteroatoms. The van der Waals surface area contributed by atoms with E-state index in [-0.39, 0.29) is 0 Å². The molecule has 0 bridgehead atoms. The molecule has 72 valence electrons. The molecular weight excluding hydrogens is 244 g/mol. The van der Waals surface area contributed by atoms with E-state index in [1.807, 2.05) is 24.3 Å². The average Bonchev–Trinajstić information content (AvgIpc) is 2.67. The number of oxazole rings is 1. The Morgan fingerprint density at radius 1 is 1.29 bits per heavy atom. The normalized spacial score (nSPS) is 10.4. The van der Waals surface area contributed by atoms with Crippen molar-refractivity contribution in [1.29, 1.82) is 0 Å². The Hall–Kier alpha value is -1.13. The molecule has 0 atom stereocenters. The van der Waals surface area contributed by atoms with Crippen molar-refractivity contribution in [3.63, 3.8) is 0 Å². The lowest BCUT2D eigenvalue weighted by atomic mass is 10.2. The Labute approximate surface area is 90.1 Å². The highest BCUT2D eigenvalue weighted by Gasteiger charge is 2.04. The van der Waals surface area contributed by atoms with Gasteiger partial charge in [-0.25, -0.2) is 4.98 Å². The van der Waals surface area contributed by atoms with Crippen molar-refractivity contribution < 1.29 is 4.42 Å². The van der Waals surface area contributed by atoms with Crippen molar-refractivity contribution >= 4 is 15.9 Å². The van der Waals surface area contributed by atoms with Gasteiger partial charge in [0.2, 0.25) is 5.89 Å². The fraction of sp³-hybridized carbons (Fsp3) is 0.100. The van der Waals surface area contributed by atoms with Gasteiger partial charge in [0.15, 0.2) is 5.76 Å². The summed E-state index contributed by atoms with van der Waals surface area (Å²) in [6, 6.07) is 7.84. The molecule has 14 heavy (non-hydrogen) atoms. The van der Waals surface area contributed by atoms with Crippen LogP contribution in [0, 0.1) is 0 Å². The summed E-state index contributed by atoms with van der Waals surface area (Å²) in [5.74, 6) is 1.31. The van der Waals surface area contributed by atoms with E-state index in [4.69, 9.17) is 10.2 Å². The van der Waals surface area contributed by atoms with Gasteiger partial charge in [-0.2, -0.15) is 0 Å². The number of halogens is 1. The van der Waals surface area contributed by atoms with Crippen LogP contribution in [0.2, 0.25) is 0 Å². The highest BCUT2D eigenvalue weighted by atomic mass is 79.9. The fourth-order valence-corrected chi connectivity index (χ4v) is 1.42. The molecule has 2 rings (SSSR count). The number of rotatable bonds is 2. The molecule has 2 aromatic rings. The zero-order valence-corrected chi connectivity index (χ0v) is 8.99. The van der Waals surface area contributed by atoms with Gasteiger partial charge >= 0.3 is 0 Å². The van der Waals surface area contributed by atoms with E-state index in [1.165, 1.54) is 0 Å². The number of hydrogen-bond acceptors (Lipinski definition) is 3. The molecule has 0 amide bonds. The van der Waals surface area contributed by atoms with Gasteiger partial charge in [-0.3, -0.25) is 0 Å². The van der Waals surface area contributed by atoms with Gasteiger partial charge in [-0.05, 0) is 12.1 Å². The molecule has 0 radical (unpaired) electrons. The van der Waals surface area contributed by atoms with Crippen molar-refractivity contribution in [3.05, 3.63) is 40.8 Å². The zero-order valence-electron chi connectivity index (χ0n) is 7.40. The first kappa shape index (κ1) is 9.43. The van der Waals surface area contributed by atoms with E-state index in [2.05, 4.69) is 20.9 Å².